The van der Waals surface area contributed by atoms with Crippen molar-refractivity contribution in [1.82, 2.24) is 0 Å². The number of rotatable bonds is 0. The van der Waals surface area contributed by atoms with Gasteiger partial charge in [-0.25, -0.2) is 0 Å². The molecule has 3 atom stereocenters. The summed E-state index contributed by atoms with van der Waals surface area (Å²) < 4.78 is 5.60. The molecule has 0 bridgehead atoms. The van der Waals surface area contributed by atoms with Crippen molar-refractivity contribution >= 4 is 6.08 Å². The second kappa shape index (κ2) is 3.49. The molecule has 1 heterocycles. The molecule has 2 aliphatic rings. The molecule has 0 saturated heterocycles. The Morgan fingerprint density at radius 2 is 2.12 bits per heavy atom. The fourth-order valence-electron chi connectivity index (χ4n) is 3.61. The van der Waals surface area contributed by atoms with Crippen molar-refractivity contribution in [1.29, 1.82) is 0 Å². The minimum Gasteiger partial charge on any atom is -0.464 e. The summed E-state index contributed by atoms with van der Waals surface area (Å²) in [4.78, 5) is 0. The molecular formula is C15H20O2. The normalized spacial score (nSPS) is 36.1. The minimum absolute atomic E-state index is 0.305. The zero-order chi connectivity index (χ0) is 12.2. The van der Waals surface area contributed by atoms with Gasteiger partial charge in [0.15, 0.2) is 0 Å². The van der Waals surface area contributed by atoms with Crippen LogP contribution in [0.1, 0.15) is 43.6 Å². The van der Waals surface area contributed by atoms with Gasteiger partial charge in [0.1, 0.15) is 5.76 Å². The van der Waals surface area contributed by atoms with E-state index >= 15 is 0 Å². The summed E-state index contributed by atoms with van der Waals surface area (Å²) in [7, 11) is 0. The lowest BCUT2D eigenvalue weighted by molar-refractivity contribution is -0.0183. The summed E-state index contributed by atoms with van der Waals surface area (Å²) in [5.74, 6) is 1.63. The third-order valence-electron chi connectivity index (χ3n) is 4.85. The number of aryl methyl sites for hydroxylation is 1. The maximum absolute atomic E-state index is 11.0. The topological polar surface area (TPSA) is 33.4 Å². The smallest absolute Gasteiger partial charge is 0.130 e. The highest BCUT2D eigenvalue weighted by Crippen LogP contribution is 2.49. The van der Waals surface area contributed by atoms with Gasteiger partial charge in [-0.3, -0.25) is 0 Å². The van der Waals surface area contributed by atoms with Crippen LogP contribution in [0.2, 0.25) is 0 Å². The lowest BCUT2D eigenvalue weighted by Crippen LogP contribution is -2.41. The van der Waals surface area contributed by atoms with Crippen LogP contribution in [0.25, 0.3) is 6.08 Å². The quantitative estimate of drug-likeness (QED) is 0.744. The lowest BCUT2D eigenvalue weighted by atomic mass is 9.78. The summed E-state index contributed by atoms with van der Waals surface area (Å²) in [5.41, 5.74) is 3.06. The molecule has 2 aliphatic carbocycles. The van der Waals surface area contributed by atoms with E-state index in [1.54, 1.807) is 6.26 Å². The lowest BCUT2D eigenvalue weighted by Gasteiger charge is -2.33. The monoisotopic (exact) mass is 232 g/mol. The van der Waals surface area contributed by atoms with Crippen molar-refractivity contribution in [3.8, 4) is 0 Å². The van der Waals surface area contributed by atoms with E-state index in [1.165, 1.54) is 11.1 Å². The third kappa shape index (κ3) is 1.43. The molecule has 2 heteroatoms. The second-order valence-electron chi connectivity index (χ2n) is 5.85. The molecular weight excluding hydrogens is 212 g/mol. The van der Waals surface area contributed by atoms with Crippen LogP contribution in [0, 0.1) is 18.8 Å². The predicted molar refractivity (Wildman–Crippen MR) is 67.6 cm³/mol. The van der Waals surface area contributed by atoms with Gasteiger partial charge in [0.25, 0.3) is 0 Å². The van der Waals surface area contributed by atoms with Gasteiger partial charge in [0.2, 0.25) is 0 Å². The first kappa shape index (κ1) is 11.1. The first-order chi connectivity index (χ1) is 8.02. The van der Waals surface area contributed by atoms with E-state index in [2.05, 4.69) is 26.8 Å². The van der Waals surface area contributed by atoms with Crippen molar-refractivity contribution in [3.63, 3.8) is 0 Å². The van der Waals surface area contributed by atoms with E-state index in [9.17, 15) is 5.11 Å². The van der Waals surface area contributed by atoms with Crippen LogP contribution in [0.5, 0.6) is 0 Å². The average Bonchev–Trinajstić information content (AvgIpc) is 2.70. The van der Waals surface area contributed by atoms with Gasteiger partial charge < -0.3 is 9.52 Å². The van der Waals surface area contributed by atoms with E-state index in [0.717, 1.165) is 30.6 Å². The first-order valence-corrected chi connectivity index (χ1v) is 6.50. The molecule has 17 heavy (non-hydrogen) atoms. The predicted octanol–water partition coefficient (Wildman–Crippen LogP) is 3.32. The summed E-state index contributed by atoms with van der Waals surface area (Å²) in [5, 5.41) is 11.0. The number of hydrogen-bond donors (Lipinski definition) is 1. The van der Waals surface area contributed by atoms with Gasteiger partial charge in [0, 0.05) is 17.9 Å². The Balaban J connectivity index is 2.15. The van der Waals surface area contributed by atoms with Crippen molar-refractivity contribution < 1.29 is 9.52 Å². The number of furan rings is 1. The highest BCUT2D eigenvalue weighted by molar-refractivity contribution is 5.56. The molecule has 92 valence electrons. The van der Waals surface area contributed by atoms with Crippen molar-refractivity contribution in [2.45, 2.75) is 45.6 Å². The fraction of sp³-hybridized carbons (Fsp3) is 0.600. The van der Waals surface area contributed by atoms with E-state index in [-0.39, 0.29) is 0 Å². The zero-order valence-electron chi connectivity index (χ0n) is 10.8. The van der Waals surface area contributed by atoms with E-state index in [0.29, 0.717) is 11.8 Å². The molecule has 1 saturated carbocycles. The summed E-state index contributed by atoms with van der Waals surface area (Å²) in [6.07, 6.45) is 6.90. The standard InChI is InChI=1S/C15H20O2/c1-9-6-14-12(10(2)8-17-14)7-15(16)11(3)4-5-13(9)15/h6,8,11,13,16H,4-5,7H2,1-3H3/t11-,13-,15-/m0/s1. The zero-order valence-corrected chi connectivity index (χ0v) is 10.8. The summed E-state index contributed by atoms with van der Waals surface area (Å²) in [6.45, 7) is 6.36. The molecule has 0 amide bonds. The van der Waals surface area contributed by atoms with Crippen LogP contribution >= 0.6 is 0 Å². The van der Waals surface area contributed by atoms with E-state index < -0.39 is 5.60 Å². The molecule has 0 radical (unpaired) electrons. The summed E-state index contributed by atoms with van der Waals surface area (Å²) >= 11 is 0. The van der Waals surface area contributed by atoms with Crippen LogP contribution in [0.4, 0.5) is 0 Å². The van der Waals surface area contributed by atoms with Crippen LogP contribution in [-0.2, 0) is 6.42 Å². The molecule has 1 N–H and O–H groups in total. The molecule has 1 fully saturated rings. The van der Waals surface area contributed by atoms with Crippen LogP contribution in [0.15, 0.2) is 16.3 Å². The molecule has 2 nitrogen and oxygen atoms in total. The maximum atomic E-state index is 11.0. The van der Waals surface area contributed by atoms with Gasteiger partial charge in [-0.2, -0.15) is 0 Å². The van der Waals surface area contributed by atoms with Crippen LogP contribution in [-0.4, -0.2) is 10.7 Å². The largest absolute Gasteiger partial charge is 0.464 e. The van der Waals surface area contributed by atoms with Crippen LogP contribution in [0.3, 0.4) is 0 Å². The molecule has 0 spiro atoms. The third-order valence-corrected chi connectivity index (χ3v) is 4.85. The number of hydrogen-bond acceptors (Lipinski definition) is 2. The van der Waals surface area contributed by atoms with Gasteiger partial charge in [-0.1, -0.05) is 12.5 Å². The first-order valence-electron chi connectivity index (χ1n) is 6.50. The highest BCUT2D eigenvalue weighted by atomic mass is 16.3. The van der Waals surface area contributed by atoms with Crippen molar-refractivity contribution in [2.24, 2.45) is 11.8 Å². The fourth-order valence-corrected chi connectivity index (χ4v) is 3.61. The van der Waals surface area contributed by atoms with Crippen LogP contribution < -0.4 is 0 Å². The molecule has 0 aliphatic heterocycles. The van der Waals surface area contributed by atoms with Gasteiger partial charge in [0.05, 0.1) is 11.9 Å². The Labute approximate surface area is 102 Å². The SMILES string of the molecule is CC1=Cc2occ(C)c2C[C@]2(O)[C@@H](C)CC[C@@H]12. The van der Waals surface area contributed by atoms with Gasteiger partial charge >= 0.3 is 0 Å². The Kier molecular flexibility index (Phi) is 2.27. The van der Waals surface area contributed by atoms with Crippen molar-refractivity contribution in [2.75, 3.05) is 0 Å². The Bertz CT molecular complexity index is 483. The Morgan fingerprint density at radius 3 is 2.88 bits per heavy atom. The molecule has 3 rings (SSSR count). The Hall–Kier alpha value is -1.02. The molecule has 1 aromatic heterocycles. The summed E-state index contributed by atoms with van der Waals surface area (Å²) in [6, 6.07) is 0. The maximum Gasteiger partial charge on any atom is 0.130 e. The number of fused-ring (bicyclic) bond motifs is 2. The number of aliphatic hydroxyl groups is 1. The Morgan fingerprint density at radius 1 is 1.35 bits per heavy atom. The van der Waals surface area contributed by atoms with Crippen molar-refractivity contribution in [3.05, 3.63) is 28.7 Å². The molecule has 0 aromatic carbocycles. The minimum atomic E-state index is -0.569. The molecule has 1 aromatic rings. The highest BCUT2D eigenvalue weighted by Gasteiger charge is 2.49. The molecule has 0 unspecified atom stereocenters. The van der Waals surface area contributed by atoms with Gasteiger partial charge in [-0.15, -0.1) is 0 Å². The van der Waals surface area contributed by atoms with E-state index in [1.807, 2.05) is 0 Å². The van der Waals surface area contributed by atoms with Gasteiger partial charge in [-0.05, 0) is 44.2 Å². The van der Waals surface area contributed by atoms with E-state index in [4.69, 9.17) is 4.42 Å². The second-order valence-corrected chi connectivity index (χ2v) is 5.85. The average molecular weight is 232 g/mol.